The highest BCUT2D eigenvalue weighted by molar-refractivity contribution is 7.17. The average molecular weight is 411 g/mol. The summed E-state index contributed by atoms with van der Waals surface area (Å²) in [4.78, 5) is 24.3. The first-order chi connectivity index (χ1) is 14.0. The van der Waals surface area contributed by atoms with Crippen LogP contribution in [0.2, 0.25) is 0 Å². The Kier molecular flexibility index (Phi) is 5.58. The van der Waals surface area contributed by atoms with Crippen molar-refractivity contribution >= 4 is 22.9 Å². The van der Waals surface area contributed by atoms with Gasteiger partial charge in [0.05, 0.1) is 17.1 Å². The second-order valence-electron chi connectivity index (χ2n) is 7.36. The van der Waals surface area contributed by atoms with Crippen LogP contribution in [-0.4, -0.2) is 35.0 Å². The molecule has 7 heteroatoms. The molecule has 3 aromatic rings. The molecule has 2 aromatic heterocycles. The lowest BCUT2D eigenvalue weighted by Gasteiger charge is -2.35. The highest BCUT2D eigenvalue weighted by Crippen LogP contribution is 2.28. The van der Waals surface area contributed by atoms with Crippen molar-refractivity contribution in [3.8, 4) is 10.7 Å². The third-order valence-corrected chi connectivity index (χ3v) is 6.26. The molecule has 1 saturated heterocycles. The second kappa shape index (κ2) is 8.29. The van der Waals surface area contributed by atoms with Crippen LogP contribution in [0.15, 0.2) is 42.6 Å². The largest absolute Gasteiger partial charge is 0.367 e. The Labute approximate surface area is 173 Å². The van der Waals surface area contributed by atoms with Crippen molar-refractivity contribution in [1.82, 2.24) is 15.3 Å². The van der Waals surface area contributed by atoms with Crippen LogP contribution in [0.3, 0.4) is 0 Å². The van der Waals surface area contributed by atoms with E-state index in [1.54, 1.807) is 12.3 Å². The fourth-order valence-electron chi connectivity index (χ4n) is 3.64. The number of carbonyl (C=O) groups excluding carboxylic acids is 1. The van der Waals surface area contributed by atoms with Crippen molar-refractivity contribution in [2.75, 3.05) is 18.0 Å². The third-order valence-electron chi connectivity index (χ3n) is 5.09. The minimum atomic E-state index is -0.221. The minimum absolute atomic E-state index is 0.0315. The SMILES string of the molecule is Cc1ccc(F)c(N2CCCC(NC(=O)c3sc(-c4ccccn4)nc3C)C2)c1. The standard InChI is InChI=1S/C22H23FN4OS/c1-14-8-9-17(23)19(12-14)27-11-5-6-16(13-27)26-21(28)20-15(2)25-22(29-20)18-7-3-4-10-24-18/h3-4,7-10,12,16H,5-6,11,13H2,1-2H3,(H,26,28). The van der Waals surface area contributed by atoms with Crippen LogP contribution in [0.5, 0.6) is 0 Å². The van der Waals surface area contributed by atoms with E-state index in [0.717, 1.165) is 35.7 Å². The average Bonchev–Trinajstić information content (AvgIpc) is 3.12. The van der Waals surface area contributed by atoms with E-state index in [9.17, 15) is 9.18 Å². The molecule has 1 amide bonds. The fourth-order valence-corrected chi connectivity index (χ4v) is 4.58. The van der Waals surface area contributed by atoms with E-state index < -0.39 is 0 Å². The molecule has 1 N–H and O–H groups in total. The number of piperidine rings is 1. The first kappa shape index (κ1) is 19.5. The lowest BCUT2D eigenvalue weighted by Crippen LogP contribution is -2.48. The lowest BCUT2D eigenvalue weighted by molar-refractivity contribution is 0.0936. The number of halogens is 1. The van der Waals surface area contributed by atoms with Gasteiger partial charge in [-0.2, -0.15) is 0 Å². The molecule has 1 unspecified atom stereocenters. The Balaban J connectivity index is 1.47. The zero-order valence-electron chi connectivity index (χ0n) is 16.5. The van der Waals surface area contributed by atoms with E-state index in [1.807, 2.05) is 43.0 Å². The molecule has 0 saturated carbocycles. The van der Waals surface area contributed by atoms with E-state index in [0.29, 0.717) is 22.8 Å². The van der Waals surface area contributed by atoms with E-state index in [-0.39, 0.29) is 17.8 Å². The molecule has 1 aromatic carbocycles. The second-order valence-corrected chi connectivity index (χ2v) is 8.36. The van der Waals surface area contributed by atoms with Gasteiger partial charge in [0.1, 0.15) is 15.7 Å². The summed E-state index contributed by atoms with van der Waals surface area (Å²) in [5, 5.41) is 3.86. The first-order valence-electron chi connectivity index (χ1n) is 9.72. The number of carbonyl (C=O) groups is 1. The molecule has 5 nitrogen and oxygen atoms in total. The van der Waals surface area contributed by atoms with E-state index in [2.05, 4.69) is 15.3 Å². The highest BCUT2D eigenvalue weighted by atomic mass is 32.1. The molecule has 1 fully saturated rings. The molecule has 3 heterocycles. The van der Waals surface area contributed by atoms with E-state index in [4.69, 9.17) is 0 Å². The Bertz CT molecular complexity index is 1020. The monoisotopic (exact) mass is 410 g/mol. The van der Waals surface area contributed by atoms with Gasteiger partial charge in [0.25, 0.3) is 5.91 Å². The molecule has 4 rings (SSSR count). The Morgan fingerprint density at radius 2 is 2.14 bits per heavy atom. The first-order valence-corrected chi connectivity index (χ1v) is 10.5. The van der Waals surface area contributed by atoms with Crippen molar-refractivity contribution in [1.29, 1.82) is 0 Å². The Morgan fingerprint density at radius 3 is 2.93 bits per heavy atom. The minimum Gasteiger partial charge on any atom is -0.367 e. The molecular formula is C22H23FN4OS. The van der Waals surface area contributed by atoms with Crippen molar-refractivity contribution in [2.45, 2.75) is 32.7 Å². The number of rotatable bonds is 4. The smallest absolute Gasteiger partial charge is 0.263 e. The van der Waals surface area contributed by atoms with Gasteiger partial charge < -0.3 is 10.2 Å². The van der Waals surface area contributed by atoms with Gasteiger partial charge in [-0.3, -0.25) is 9.78 Å². The van der Waals surface area contributed by atoms with Crippen LogP contribution < -0.4 is 10.2 Å². The maximum absolute atomic E-state index is 14.3. The molecule has 0 aliphatic carbocycles. The predicted octanol–water partition coefficient (Wildman–Crippen LogP) is 4.36. The van der Waals surface area contributed by atoms with Crippen molar-refractivity contribution < 1.29 is 9.18 Å². The van der Waals surface area contributed by atoms with Crippen molar-refractivity contribution in [3.63, 3.8) is 0 Å². The molecule has 1 atom stereocenters. The number of nitrogens with zero attached hydrogens (tertiary/aromatic N) is 3. The molecule has 1 aliphatic heterocycles. The predicted molar refractivity (Wildman–Crippen MR) is 114 cm³/mol. The van der Waals surface area contributed by atoms with Crippen molar-refractivity contribution in [2.24, 2.45) is 0 Å². The number of thiazole rings is 1. The fraction of sp³-hybridized carbons (Fsp3) is 0.318. The summed E-state index contributed by atoms with van der Waals surface area (Å²) < 4.78 is 14.3. The molecule has 0 spiro atoms. The number of hydrogen-bond donors (Lipinski definition) is 1. The Morgan fingerprint density at radius 1 is 1.28 bits per heavy atom. The zero-order chi connectivity index (χ0) is 20.4. The van der Waals surface area contributed by atoms with Crippen LogP contribution in [-0.2, 0) is 0 Å². The summed E-state index contributed by atoms with van der Waals surface area (Å²) in [6, 6.07) is 10.8. The number of nitrogens with one attached hydrogen (secondary N) is 1. The number of anilines is 1. The van der Waals surface area contributed by atoms with E-state index in [1.165, 1.54) is 17.4 Å². The van der Waals surface area contributed by atoms with Crippen LogP contribution in [0, 0.1) is 19.7 Å². The summed E-state index contributed by atoms with van der Waals surface area (Å²) in [7, 11) is 0. The maximum Gasteiger partial charge on any atom is 0.263 e. The van der Waals surface area contributed by atoms with Crippen LogP contribution in [0.1, 0.15) is 33.8 Å². The van der Waals surface area contributed by atoms with Crippen LogP contribution in [0.4, 0.5) is 10.1 Å². The lowest BCUT2D eigenvalue weighted by atomic mass is 10.0. The van der Waals surface area contributed by atoms with Gasteiger partial charge >= 0.3 is 0 Å². The van der Waals surface area contributed by atoms with Gasteiger partial charge in [-0.05, 0) is 56.5 Å². The highest BCUT2D eigenvalue weighted by Gasteiger charge is 2.25. The summed E-state index contributed by atoms with van der Waals surface area (Å²) >= 11 is 1.35. The summed E-state index contributed by atoms with van der Waals surface area (Å²) in [6.45, 7) is 5.18. The van der Waals surface area contributed by atoms with Crippen molar-refractivity contribution in [3.05, 3.63) is 64.5 Å². The molecule has 150 valence electrons. The number of benzene rings is 1. The quantitative estimate of drug-likeness (QED) is 0.694. The van der Waals surface area contributed by atoms with Gasteiger partial charge in [-0.25, -0.2) is 9.37 Å². The van der Waals surface area contributed by atoms with Gasteiger partial charge in [0, 0.05) is 25.3 Å². The third kappa shape index (κ3) is 4.29. The molecule has 1 aliphatic rings. The molecule has 0 bridgehead atoms. The van der Waals surface area contributed by atoms with Gasteiger partial charge in [-0.15, -0.1) is 11.3 Å². The summed E-state index contributed by atoms with van der Waals surface area (Å²) in [6.07, 6.45) is 3.49. The normalized spacial score (nSPS) is 16.7. The number of pyridine rings is 1. The molecule has 0 radical (unpaired) electrons. The summed E-state index contributed by atoms with van der Waals surface area (Å²) in [5.74, 6) is -0.348. The molecular weight excluding hydrogens is 387 g/mol. The van der Waals surface area contributed by atoms with Crippen LogP contribution in [0.25, 0.3) is 10.7 Å². The maximum atomic E-state index is 14.3. The number of hydrogen-bond acceptors (Lipinski definition) is 5. The molecule has 29 heavy (non-hydrogen) atoms. The van der Waals surface area contributed by atoms with Crippen LogP contribution >= 0.6 is 11.3 Å². The topological polar surface area (TPSA) is 58.1 Å². The van der Waals surface area contributed by atoms with Gasteiger partial charge in [-0.1, -0.05) is 12.1 Å². The Hall–Kier alpha value is -2.80. The number of aromatic nitrogens is 2. The summed E-state index contributed by atoms with van der Waals surface area (Å²) in [5.41, 5.74) is 3.09. The van der Waals surface area contributed by atoms with Gasteiger partial charge in [0.2, 0.25) is 0 Å². The zero-order valence-corrected chi connectivity index (χ0v) is 17.3. The number of amides is 1. The van der Waals surface area contributed by atoms with E-state index >= 15 is 0 Å². The number of aryl methyl sites for hydroxylation is 2. The van der Waals surface area contributed by atoms with Gasteiger partial charge in [0.15, 0.2) is 0 Å².